The Balaban J connectivity index is 1.25. The minimum atomic E-state index is -0.232. The van der Waals surface area contributed by atoms with E-state index < -0.39 is 0 Å². The van der Waals surface area contributed by atoms with Crippen LogP contribution < -0.4 is 5.32 Å². The Hall–Kier alpha value is -4.62. The van der Waals surface area contributed by atoms with Gasteiger partial charge < -0.3 is 5.32 Å². The lowest BCUT2D eigenvalue weighted by Gasteiger charge is -2.32. The average molecular weight is 486 g/mol. The molecule has 0 radical (unpaired) electrons. The quantitative estimate of drug-likeness (QED) is 0.268. The Bertz CT molecular complexity index is 1770. The zero-order chi connectivity index (χ0) is 25.1. The van der Waals surface area contributed by atoms with Crippen molar-refractivity contribution >= 4 is 16.9 Å². The highest BCUT2D eigenvalue weighted by Crippen LogP contribution is 2.63. The van der Waals surface area contributed by atoms with Crippen molar-refractivity contribution in [2.24, 2.45) is 0 Å². The van der Waals surface area contributed by atoms with Crippen LogP contribution in [0.4, 0.5) is 11.4 Å². The molecular weight excluding hydrogens is 458 g/mol. The summed E-state index contributed by atoms with van der Waals surface area (Å²) in [5.41, 5.74) is 15.8. The van der Waals surface area contributed by atoms with E-state index in [9.17, 15) is 0 Å². The third-order valence-electron chi connectivity index (χ3n) is 8.56. The number of anilines is 2. The third-order valence-corrected chi connectivity index (χ3v) is 8.56. The van der Waals surface area contributed by atoms with Gasteiger partial charge in [0.05, 0.1) is 5.41 Å². The van der Waals surface area contributed by atoms with E-state index in [1.165, 1.54) is 55.7 Å². The van der Waals surface area contributed by atoms with Gasteiger partial charge in [0.1, 0.15) is 0 Å². The van der Waals surface area contributed by atoms with Gasteiger partial charge in [-0.15, -0.1) is 0 Å². The Morgan fingerprint density at radius 3 is 1.97 bits per heavy atom. The van der Waals surface area contributed by atoms with Crippen LogP contribution in [-0.2, 0) is 5.41 Å². The molecule has 0 bridgehead atoms. The predicted molar refractivity (Wildman–Crippen MR) is 159 cm³/mol. The van der Waals surface area contributed by atoms with Crippen molar-refractivity contribution in [3.8, 4) is 22.3 Å². The van der Waals surface area contributed by atoms with Crippen molar-refractivity contribution in [1.29, 1.82) is 0 Å². The molecule has 1 spiro atoms. The van der Waals surface area contributed by atoms with Crippen LogP contribution in [-0.4, -0.2) is 0 Å². The molecule has 38 heavy (non-hydrogen) atoms. The molecule has 0 amide bonds. The first-order valence-electron chi connectivity index (χ1n) is 13.5. The number of allylic oxidation sites excluding steroid dienone is 4. The second kappa shape index (κ2) is 8.19. The van der Waals surface area contributed by atoms with E-state index in [1.54, 1.807) is 0 Å². The molecule has 0 saturated heterocycles. The van der Waals surface area contributed by atoms with Gasteiger partial charge in [-0.1, -0.05) is 109 Å². The molecule has 3 aliphatic rings. The summed E-state index contributed by atoms with van der Waals surface area (Å²) in [6.07, 6.45) is 7.00. The standard InChI is InChI=1S/C37H27N/c1-2-10-25(11-3-1)26-18-20-27(21-19-26)38-28-22-23-36-32(24-28)31-14-6-9-17-35(31)37(36)33-15-7-4-12-29(33)30-13-5-8-16-34(30)37/h1-4,6-12,14-24,38H,5,13H2. The van der Waals surface area contributed by atoms with Gasteiger partial charge in [0, 0.05) is 11.4 Å². The second-order valence-electron chi connectivity index (χ2n) is 10.5. The van der Waals surface area contributed by atoms with Gasteiger partial charge in [0.15, 0.2) is 0 Å². The highest BCUT2D eigenvalue weighted by atomic mass is 14.9. The van der Waals surface area contributed by atoms with Crippen molar-refractivity contribution in [1.82, 2.24) is 0 Å². The van der Waals surface area contributed by atoms with Crippen molar-refractivity contribution < 1.29 is 0 Å². The first-order valence-corrected chi connectivity index (χ1v) is 13.5. The summed E-state index contributed by atoms with van der Waals surface area (Å²) >= 11 is 0. The molecule has 5 aromatic carbocycles. The summed E-state index contributed by atoms with van der Waals surface area (Å²) < 4.78 is 0. The number of hydrogen-bond donors (Lipinski definition) is 1. The number of rotatable bonds is 3. The van der Waals surface area contributed by atoms with Crippen LogP contribution >= 0.6 is 0 Å². The SMILES string of the molecule is C1=CC2=C(CC1)c1ccccc1C21c2ccccc2-c2cc(Nc3ccc(-c4ccccc4)cc3)ccc21. The summed E-state index contributed by atoms with van der Waals surface area (Å²) in [5.74, 6) is 0. The molecule has 1 atom stereocenters. The minimum Gasteiger partial charge on any atom is -0.356 e. The van der Waals surface area contributed by atoms with Gasteiger partial charge in [-0.2, -0.15) is 0 Å². The molecule has 0 heterocycles. The van der Waals surface area contributed by atoms with Gasteiger partial charge in [0.2, 0.25) is 0 Å². The maximum atomic E-state index is 3.67. The third kappa shape index (κ3) is 2.93. The molecule has 180 valence electrons. The molecule has 1 N–H and O–H groups in total. The first kappa shape index (κ1) is 21.5. The molecular formula is C37H27N. The molecule has 0 aromatic heterocycles. The molecule has 1 nitrogen and oxygen atoms in total. The fraction of sp³-hybridized carbons (Fsp3) is 0.0811. The van der Waals surface area contributed by atoms with Crippen LogP contribution in [0.15, 0.2) is 139 Å². The molecule has 1 unspecified atom stereocenters. The van der Waals surface area contributed by atoms with Crippen molar-refractivity contribution in [2.45, 2.75) is 18.3 Å². The zero-order valence-corrected chi connectivity index (χ0v) is 21.1. The monoisotopic (exact) mass is 485 g/mol. The van der Waals surface area contributed by atoms with Gasteiger partial charge in [-0.3, -0.25) is 0 Å². The Kier molecular flexibility index (Phi) is 4.63. The summed E-state index contributed by atoms with van der Waals surface area (Å²) in [7, 11) is 0. The van der Waals surface area contributed by atoms with E-state index in [2.05, 4.69) is 139 Å². The predicted octanol–water partition coefficient (Wildman–Crippen LogP) is 9.53. The summed E-state index contributed by atoms with van der Waals surface area (Å²) in [6, 6.07) is 44.3. The average Bonchev–Trinajstić information content (AvgIpc) is 3.45. The van der Waals surface area contributed by atoms with E-state index in [0.29, 0.717) is 0 Å². The Morgan fingerprint density at radius 2 is 1.16 bits per heavy atom. The maximum absolute atomic E-state index is 3.67. The highest BCUT2D eigenvalue weighted by molar-refractivity contribution is 5.96. The number of hydrogen-bond acceptors (Lipinski definition) is 1. The van der Waals surface area contributed by atoms with Gasteiger partial charge in [-0.25, -0.2) is 0 Å². The van der Waals surface area contributed by atoms with Crippen LogP contribution in [0.5, 0.6) is 0 Å². The largest absolute Gasteiger partial charge is 0.356 e. The number of fused-ring (bicyclic) bond motifs is 9. The van der Waals surface area contributed by atoms with E-state index in [1.807, 2.05) is 0 Å². The summed E-state index contributed by atoms with van der Waals surface area (Å²) in [6.45, 7) is 0. The van der Waals surface area contributed by atoms with Crippen LogP contribution in [0.1, 0.15) is 35.1 Å². The maximum Gasteiger partial charge on any atom is 0.0722 e. The van der Waals surface area contributed by atoms with Crippen LogP contribution in [0.2, 0.25) is 0 Å². The van der Waals surface area contributed by atoms with E-state index in [-0.39, 0.29) is 5.41 Å². The molecule has 0 fully saturated rings. The molecule has 0 saturated carbocycles. The minimum absolute atomic E-state index is 0.232. The van der Waals surface area contributed by atoms with Crippen molar-refractivity contribution in [3.05, 3.63) is 161 Å². The molecule has 5 aromatic rings. The fourth-order valence-electron chi connectivity index (χ4n) is 7.00. The lowest BCUT2D eigenvalue weighted by Crippen LogP contribution is -2.27. The smallest absolute Gasteiger partial charge is 0.0722 e. The number of nitrogens with one attached hydrogen (secondary N) is 1. The second-order valence-corrected chi connectivity index (χ2v) is 10.5. The van der Waals surface area contributed by atoms with Crippen molar-refractivity contribution in [2.75, 3.05) is 5.32 Å². The highest BCUT2D eigenvalue weighted by Gasteiger charge is 2.52. The first-order chi connectivity index (χ1) is 18.8. The van der Waals surface area contributed by atoms with E-state index in [0.717, 1.165) is 24.2 Å². The fourth-order valence-corrected chi connectivity index (χ4v) is 7.00. The summed E-state index contributed by atoms with van der Waals surface area (Å²) in [5, 5.41) is 3.67. The molecule has 3 aliphatic carbocycles. The Labute approximate surface area is 223 Å². The topological polar surface area (TPSA) is 12.0 Å². The van der Waals surface area contributed by atoms with Crippen LogP contribution in [0.25, 0.3) is 27.8 Å². The van der Waals surface area contributed by atoms with Gasteiger partial charge in [0.25, 0.3) is 0 Å². The molecule has 1 heteroatoms. The lowest BCUT2D eigenvalue weighted by atomic mass is 9.69. The molecule has 0 aliphatic heterocycles. The normalized spacial score (nSPS) is 18.2. The van der Waals surface area contributed by atoms with Gasteiger partial charge in [-0.05, 0) is 92.8 Å². The number of benzene rings is 5. The van der Waals surface area contributed by atoms with Crippen LogP contribution in [0.3, 0.4) is 0 Å². The lowest BCUT2D eigenvalue weighted by molar-refractivity contribution is 0.780. The van der Waals surface area contributed by atoms with Crippen LogP contribution in [0, 0.1) is 0 Å². The molecule has 8 rings (SSSR count). The van der Waals surface area contributed by atoms with Gasteiger partial charge >= 0.3 is 0 Å². The zero-order valence-electron chi connectivity index (χ0n) is 21.1. The Morgan fingerprint density at radius 1 is 0.526 bits per heavy atom. The summed E-state index contributed by atoms with van der Waals surface area (Å²) in [4.78, 5) is 0. The van der Waals surface area contributed by atoms with Crippen molar-refractivity contribution in [3.63, 3.8) is 0 Å². The van der Waals surface area contributed by atoms with E-state index in [4.69, 9.17) is 0 Å². The van der Waals surface area contributed by atoms with E-state index >= 15 is 0 Å².